The SMILES string of the molecule is Cc1csc(NC(=O)c2ccc(F)c(S(=O)(=O)N3CCCCC3)c2)n1. The van der Waals surface area contributed by atoms with Gasteiger partial charge in [-0.1, -0.05) is 6.42 Å². The molecular weight excluding hydrogens is 365 g/mol. The van der Waals surface area contributed by atoms with Crippen molar-refractivity contribution >= 4 is 32.4 Å². The van der Waals surface area contributed by atoms with Gasteiger partial charge in [0, 0.05) is 24.0 Å². The normalized spacial score (nSPS) is 15.9. The number of halogens is 1. The molecule has 2 aromatic rings. The van der Waals surface area contributed by atoms with E-state index in [0.29, 0.717) is 18.2 Å². The van der Waals surface area contributed by atoms with Crippen LogP contribution in [0.1, 0.15) is 35.3 Å². The number of hydrogen-bond acceptors (Lipinski definition) is 5. The van der Waals surface area contributed by atoms with Gasteiger partial charge in [0.2, 0.25) is 10.0 Å². The smallest absolute Gasteiger partial charge is 0.257 e. The highest BCUT2D eigenvalue weighted by Gasteiger charge is 2.29. The van der Waals surface area contributed by atoms with Crippen molar-refractivity contribution in [3.63, 3.8) is 0 Å². The zero-order valence-corrected chi connectivity index (χ0v) is 15.3. The van der Waals surface area contributed by atoms with E-state index in [9.17, 15) is 17.6 Å². The number of aromatic nitrogens is 1. The molecule has 1 amide bonds. The monoisotopic (exact) mass is 383 g/mol. The molecule has 1 aromatic heterocycles. The van der Waals surface area contributed by atoms with Crippen LogP contribution in [0.2, 0.25) is 0 Å². The molecule has 0 aliphatic carbocycles. The maximum atomic E-state index is 14.2. The Labute approximate surface area is 149 Å². The summed E-state index contributed by atoms with van der Waals surface area (Å²) in [5, 5.41) is 4.79. The summed E-state index contributed by atoms with van der Waals surface area (Å²) < 4.78 is 40.8. The van der Waals surface area contributed by atoms with E-state index in [1.54, 1.807) is 12.3 Å². The number of nitrogens with one attached hydrogen (secondary N) is 1. The average molecular weight is 383 g/mol. The zero-order valence-electron chi connectivity index (χ0n) is 13.7. The lowest BCUT2D eigenvalue weighted by molar-refractivity contribution is 0.102. The summed E-state index contributed by atoms with van der Waals surface area (Å²) in [5.74, 6) is -1.38. The van der Waals surface area contributed by atoms with Gasteiger partial charge < -0.3 is 0 Å². The van der Waals surface area contributed by atoms with Gasteiger partial charge in [0.05, 0.1) is 5.69 Å². The van der Waals surface area contributed by atoms with Crippen LogP contribution in [0, 0.1) is 12.7 Å². The fraction of sp³-hybridized carbons (Fsp3) is 0.375. The van der Waals surface area contributed by atoms with Gasteiger partial charge in [-0.05, 0) is 38.0 Å². The molecule has 1 N–H and O–H groups in total. The third-order valence-corrected chi connectivity index (χ3v) is 6.75. The molecule has 0 atom stereocenters. The first-order chi connectivity index (χ1) is 11.9. The number of anilines is 1. The average Bonchev–Trinajstić information content (AvgIpc) is 3.00. The van der Waals surface area contributed by atoms with E-state index in [2.05, 4.69) is 10.3 Å². The Morgan fingerprint density at radius 2 is 2.00 bits per heavy atom. The first kappa shape index (κ1) is 18.0. The van der Waals surface area contributed by atoms with Gasteiger partial charge in [-0.15, -0.1) is 11.3 Å². The summed E-state index contributed by atoms with van der Waals surface area (Å²) in [6, 6.07) is 3.37. The van der Waals surface area contributed by atoms with Crippen molar-refractivity contribution in [2.24, 2.45) is 0 Å². The molecule has 1 aromatic carbocycles. The number of piperidine rings is 1. The molecule has 25 heavy (non-hydrogen) atoms. The molecule has 0 radical (unpaired) electrons. The first-order valence-electron chi connectivity index (χ1n) is 7.91. The van der Waals surface area contributed by atoms with Crippen LogP contribution in [-0.4, -0.2) is 36.7 Å². The standard InChI is InChI=1S/C16H18FN3O3S2/c1-11-10-24-16(18-11)19-15(21)12-5-6-13(17)14(9-12)25(22,23)20-7-3-2-4-8-20/h5-6,9-10H,2-4,7-8H2,1H3,(H,18,19,21). The number of nitrogens with zero attached hydrogens (tertiary/aromatic N) is 2. The maximum absolute atomic E-state index is 14.2. The molecule has 1 saturated heterocycles. The number of aryl methyl sites for hydroxylation is 1. The lowest BCUT2D eigenvalue weighted by Gasteiger charge is -2.26. The van der Waals surface area contributed by atoms with Crippen molar-refractivity contribution in [1.29, 1.82) is 0 Å². The molecule has 0 bridgehead atoms. The van der Waals surface area contributed by atoms with Crippen molar-refractivity contribution in [3.05, 3.63) is 40.7 Å². The van der Waals surface area contributed by atoms with Crippen LogP contribution < -0.4 is 5.32 Å². The third kappa shape index (κ3) is 3.88. The molecule has 1 aliphatic rings. The van der Waals surface area contributed by atoms with Crippen LogP contribution in [0.25, 0.3) is 0 Å². The van der Waals surface area contributed by atoms with Gasteiger partial charge in [-0.2, -0.15) is 4.31 Å². The maximum Gasteiger partial charge on any atom is 0.257 e. The molecular formula is C16H18FN3O3S2. The van der Waals surface area contributed by atoms with Crippen LogP contribution in [0.3, 0.4) is 0 Å². The van der Waals surface area contributed by atoms with Crippen molar-refractivity contribution < 1.29 is 17.6 Å². The number of rotatable bonds is 4. The number of sulfonamides is 1. The quantitative estimate of drug-likeness (QED) is 0.880. The van der Waals surface area contributed by atoms with Crippen LogP contribution in [0.15, 0.2) is 28.5 Å². The van der Waals surface area contributed by atoms with Gasteiger partial charge in [-0.25, -0.2) is 17.8 Å². The Kier molecular flexibility index (Phi) is 5.16. The molecule has 3 rings (SSSR count). The van der Waals surface area contributed by atoms with Crippen LogP contribution in [0.5, 0.6) is 0 Å². The molecule has 0 unspecified atom stereocenters. The van der Waals surface area contributed by atoms with Crippen molar-refractivity contribution in [1.82, 2.24) is 9.29 Å². The number of hydrogen-bond donors (Lipinski definition) is 1. The summed E-state index contributed by atoms with van der Waals surface area (Å²) in [6.45, 7) is 2.54. The molecule has 0 saturated carbocycles. The van der Waals surface area contributed by atoms with Gasteiger partial charge in [0.1, 0.15) is 10.7 Å². The second kappa shape index (κ2) is 7.19. The Balaban J connectivity index is 1.88. The molecule has 1 fully saturated rings. The van der Waals surface area contributed by atoms with Crippen LogP contribution in [-0.2, 0) is 10.0 Å². The molecule has 9 heteroatoms. The van der Waals surface area contributed by atoms with E-state index in [-0.39, 0.29) is 5.56 Å². The largest absolute Gasteiger partial charge is 0.298 e. The van der Waals surface area contributed by atoms with Gasteiger partial charge >= 0.3 is 0 Å². The lowest BCUT2D eigenvalue weighted by atomic mass is 10.2. The third-order valence-electron chi connectivity index (χ3n) is 3.97. The van der Waals surface area contributed by atoms with Crippen LogP contribution in [0.4, 0.5) is 9.52 Å². The Morgan fingerprint density at radius 3 is 2.64 bits per heavy atom. The number of carbonyl (C=O) groups is 1. The minimum absolute atomic E-state index is 0.0739. The van der Waals surface area contributed by atoms with Crippen molar-refractivity contribution in [3.8, 4) is 0 Å². The van der Waals surface area contributed by atoms with E-state index in [1.807, 2.05) is 0 Å². The Hall–Kier alpha value is -1.84. The molecule has 134 valence electrons. The highest BCUT2D eigenvalue weighted by Crippen LogP contribution is 2.24. The topological polar surface area (TPSA) is 79.4 Å². The molecule has 2 heterocycles. The number of benzene rings is 1. The van der Waals surface area contributed by atoms with E-state index >= 15 is 0 Å². The van der Waals surface area contributed by atoms with Crippen molar-refractivity contribution in [2.45, 2.75) is 31.1 Å². The number of amides is 1. The minimum atomic E-state index is -3.95. The second-order valence-corrected chi connectivity index (χ2v) is 8.62. The first-order valence-corrected chi connectivity index (χ1v) is 10.2. The fourth-order valence-corrected chi connectivity index (χ4v) is 4.96. The van der Waals surface area contributed by atoms with E-state index < -0.39 is 26.6 Å². The fourth-order valence-electron chi connectivity index (χ4n) is 2.67. The van der Waals surface area contributed by atoms with Gasteiger partial charge in [-0.3, -0.25) is 10.1 Å². The number of thiazole rings is 1. The molecule has 1 aliphatic heterocycles. The van der Waals surface area contributed by atoms with E-state index in [0.717, 1.165) is 37.1 Å². The van der Waals surface area contributed by atoms with Crippen molar-refractivity contribution in [2.75, 3.05) is 18.4 Å². The zero-order chi connectivity index (χ0) is 18.0. The minimum Gasteiger partial charge on any atom is -0.298 e. The Bertz CT molecular complexity index is 890. The summed E-state index contributed by atoms with van der Waals surface area (Å²) >= 11 is 1.26. The summed E-state index contributed by atoms with van der Waals surface area (Å²) in [4.78, 5) is 16.0. The molecule has 6 nitrogen and oxygen atoms in total. The predicted octanol–water partition coefficient (Wildman–Crippen LogP) is 3.02. The predicted molar refractivity (Wildman–Crippen MR) is 93.8 cm³/mol. The molecule has 0 spiro atoms. The summed E-state index contributed by atoms with van der Waals surface area (Å²) in [7, 11) is -3.95. The van der Waals surface area contributed by atoms with E-state index in [1.165, 1.54) is 21.7 Å². The highest BCUT2D eigenvalue weighted by atomic mass is 32.2. The summed E-state index contributed by atoms with van der Waals surface area (Å²) in [6.07, 6.45) is 2.47. The van der Waals surface area contributed by atoms with Crippen LogP contribution >= 0.6 is 11.3 Å². The van der Waals surface area contributed by atoms with Gasteiger partial charge in [0.15, 0.2) is 5.13 Å². The number of carbonyl (C=O) groups excluding carboxylic acids is 1. The van der Waals surface area contributed by atoms with E-state index in [4.69, 9.17) is 0 Å². The highest BCUT2D eigenvalue weighted by molar-refractivity contribution is 7.89. The van der Waals surface area contributed by atoms with Gasteiger partial charge in [0.25, 0.3) is 5.91 Å². The Morgan fingerprint density at radius 1 is 1.28 bits per heavy atom. The second-order valence-electron chi connectivity index (χ2n) is 5.86. The summed E-state index contributed by atoms with van der Waals surface area (Å²) in [5.41, 5.74) is 0.845. The lowest BCUT2D eigenvalue weighted by Crippen LogP contribution is -2.36.